The van der Waals surface area contributed by atoms with E-state index >= 15 is 0 Å². The maximum Gasteiger partial charge on any atom is 0.278 e. The summed E-state index contributed by atoms with van der Waals surface area (Å²) in [6.07, 6.45) is 5.43. The number of piperidine rings is 2. The monoisotopic (exact) mass is 332 g/mol. The van der Waals surface area contributed by atoms with Crippen molar-refractivity contribution in [3.63, 3.8) is 0 Å². The van der Waals surface area contributed by atoms with E-state index in [-0.39, 0.29) is 16.5 Å². The largest absolute Gasteiger partial charge is 0.342 e. The van der Waals surface area contributed by atoms with Gasteiger partial charge in [0.05, 0.1) is 29.5 Å². The lowest BCUT2D eigenvalue weighted by Crippen LogP contribution is -3.12. The number of nitrogens with one attached hydrogen (secondary N) is 1. The van der Waals surface area contributed by atoms with Crippen LogP contribution in [0.25, 0.3) is 0 Å². The Labute approximate surface area is 142 Å². The Morgan fingerprint density at radius 1 is 1.21 bits per heavy atom. The summed E-state index contributed by atoms with van der Waals surface area (Å²) in [5.41, 5.74) is 0.957. The molecule has 0 radical (unpaired) electrons. The van der Waals surface area contributed by atoms with Crippen molar-refractivity contribution in [3.8, 4) is 0 Å². The lowest BCUT2D eigenvalue weighted by Gasteiger charge is -2.34. The molecule has 0 aliphatic carbocycles. The zero-order chi connectivity index (χ0) is 16.9. The maximum atomic E-state index is 12.7. The van der Waals surface area contributed by atoms with E-state index in [4.69, 9.17) is 0 Å². The van der Waals surface area contributed by atoms with Crippen LogP contribution in [0.2, 0.25) is 0 Å². The minimum Gasteiger partial charge on any atom is -0.342 e. The molecule has 1 aromatic rings. The van der Waals surface area contributed by atoms with Crippen LogP contribution < -0.4 is 4.90 Å². The van der Waals surface area contributed by atoms with Crippen molar-refractivity contribution >= 4 is 11.6 Å². The number of nitro benzene ring substituents is 1. The summed E-state index contributed by atoms with van der Waals surface area (Å²) in [6.45, 7) is 4.20. The number of para-hydroxylation sites is 1. The molecule has 1 N–H and O–H groups in total. The molecule has 0 saturated carbocycles. The highest BCUT2D eigenvalue weighted by Gasteiger charge is 2.33. The van der Waals surface area contributed by atoms with E-state index in [1.807, 2.05) is 17.0 Å². The summed E-state index contributed by atoms with van der Waals surface area (Å²) in [5.74, 6) is 0.379. The van der Waals surface area contributed by atoms with Gasteiger partial charge in [-0.1, -0.05) is 12.1 Å². The number of benzene rings is 1. The smallest absolute Gasteiger partial charge is 0.278 e. The zero-order valence-corrected chi connectivity index (χ0v) is 14.1. The summed E-state index contributed by atoms with van der Waals surface area (Å²) in [7, 11) is 0. The molecule has 2 atom stereocenters. The number of amides is 1. The Bertz CT molecular complexity index is 599. The topological polar surface area (TPSA) is 67.9 Å². The van der Waals surface area contributed by atoms with Gasteiger partial charge in [0.1, 0.15) is 6.54 Å². The van der Waals surface area contributed by atoms with Crippen LogP contribution in [0.1, 0.15) is 37.7 Å². The number of hydrogen-bond donors (Lipinski definition) is 1. The highest BCUT2D eigenvalue weighted by Crippen LogP contribution is 2.19. The van der Waals surface area contributed by atoms with Crippen molar-refractivity contribution in [2.75, 3.05) is 26.2 Å². The predicted molar refractivity (Wildman–Crippen MR) is 90.7 cm³/mol. The Morgan fingerprint density at radius 3 is 2.71 bits per heavy atom. The predicted octanol–water partition coefficient (Wildman–Crippen LogP) is 1.40. The van der Waals surface area contributed by atoms with Crippen LogP contribution in [-0.2, 0) is 11.3 Å². The molecule has 0 bridgehead atoms. The SMILES string of the molecule is O=C(C1CCC[NH+](Cc2ccccc2[N+](=O)[O-])C1)N1CCCCC1. The van der Waals surface area contributed by atoms with Crippen molar-refractivity contribution < 1.29 is 14.6 Å². The third-order valence-corrected chi connectivity index (χ3v) is 5.26. The van der Waals surface area contributed by atoms with Gasteiger partial charge < -0.3 is 9.80 Å². The molecule has 3 rings (SSSR count). The number of nitrogens with zero attached hydrogens (tertiary/aromatic N) is 2. The summed E-state index contributed by atoms with van der Waals surface area (Å²) in [4.78, 5) is 26.9. The first kappa shape index (κ1) is 16.9. The fourth-order valence-electron chi connectivity index (χ4n) is 4.00. The number of rotatable bonds is 4. The average molecular weight is 332 g/mol. The summed E-state index contributed by atoms with van der Waals surface area (Å²) >= 11 is 0. The number of likely N-dealkylation sites (tertiary alicyclic amines) is 2. The molecule has 1 aromatic carbocycles. The van der Waals surface area contributed by atoms with Crippen molar-refractivity contribution in [3.05, 3.63) is 39.9 Å². The second kappa shape index (κ2) is 7.75. The van der Waals surface area contributed by atoms with Gasteiger partial charge in [0.15, 0.2) is 0 Å². The molecule has 0 aromatic heterocycles. The zero-order valence-electron chi connectivity index (χ0n) is 14.1. The van der Waals surface area contributed by atoms with E-state index in [1.54, 1.807) is 12.1 Å². The second-order valence-corrected chi connectivity index (χ2v) is 6.99. The third-order valence-electron chi connectivity index (χ3n) is 5.26. The normalized spacial score (nSPS) is 24.6. The van der Waals surface area contributed by atoms with Crippen LogP contribution in [0.3, 0.4) is 0 Å². The lowest BCUT2D eigenvalue weighted by atomic mass is 9.95. The van der Waals surface area contributed by atoms with Crippen molar-refractivity contribution in [2.45, 2.75) is 38.6 Å². The molecule has 2 heterocycles. The number of carbonyl (C=O) groups excluding carboxylic acids is 1. The molecule has 6 nitrogen and oxygen atoms in total. The van der Waals surface area contributed by atoms with Gasteiger partial charge in [0.2, 0.25) is 5.91 Å². The molecule has 2 fully saturated rings. The fraction of sp³-hybridized carbons (Fsp3) is 0.611. The van der Waals surface area contributed by atoms with E-state index < -0.39 is 0 Å². The summed E-state index contributed by atoms with van der Waals surface area (Å²) in [5, 5.41) is 11.2. The third kappa shape index (κ3) is 3.93. The number of hydrogen-bond acceptors (Lipinski definition) is 3. The Balaban J connectivity index is 1.63. The van der Waals surface area contributed by atoms with Crippen LogP contribution >= 0.6 is 0 Å². The molecule has 0 spiro atoms. The first-order valence-electron chi connectivity index (χ1n) is 9.00. The quantitative estimate of drug-likeness (QED) is 0.669. The van der Waals surface area contributed by atoms with Gasteiger partial charge in [0.25, 0.3) is 5.69 Å². The van der Waals surface area contributed by atoms with E-state index in [0.29, 0.717) is 12.5 Å². The molecular formula is C18H26N3O3+. The van der Waals surface area contributed by atoms with Crippen LogP contribution in [0.4, 0.5) is 5.69 Å². The average Bonchev–Trinajstić information content (AvgIpc) is 2.62. The summed E-state index contributed by atoms with van der Waals surface area (Å²) in [6, 6.07) is 6.95. The highest BCUT2D eigenvalue weighted by atomic mass is 16.6. The van der Waals surface area contributed by atoms with Crippen molar-refractivity contribution in [2.24, 2.45) is 5.92 Å². The molecule has 2 saturated heterocycles. The second-order valence-electron chi connectivity index (χ2n) is 6.99. The Morgan fingerprint density at radius 2 is 1.96 bits per heavy atom. The van der Waals surface area contributed by atoms with Gasteiger partial charge in [-0.25, -0.2) is 0 Å². The molecule has 24 heavy (non-hydrogen) atoms. The molecule has 2 aliphatic heterocycles. The number of quaternary nitrogens is 1. The van der Waals surface area contributed by atoms with E-state index in [1.165, 1.54) is 11.3 Å². The maximum absolute atomic E-state index is 12.7. The summed E-state index contributed by atoms with van der Waals surface area (Å²) < 4.78 is 0. The lowest BCUT2D eigenvalue weighted by molar-refractivity contribution is -0.921. The molecule has 130 valence electrons. The highest BCUT2D eigenvalue weighted by molar-refractivity contribution is 5.79. The van der Waals surface area contributed by atoms with Gasteiger partial charge in [-0.15, -0.1) is 0 Å². The van der Waals surface area contributed by atoms with Gasteiger partial charge in [-0.3, -0.25) is 14.9 Å². The van der Waals surface area contributed by atoms with Gasteiger partial charge in [0, 0.05) is 19.2 Å². The Kier molecular flexibility index (Phi) is 5.45. The van der Waals surface area contributed by atoms with E-state index in [2.05, 4.69) is 0 Å². The fourth-order valence-corrected chi connectivity index (χ4v) is 4.00. The number of carbonyl (C=O) groups is 1. The molecular weight excluding hydrogens is 306 g/mol. The van der Waals surface area contributed by atoms with Crippen LogP contribution in [-0.4, -0.2) is 41.9 Å². The van der Waals surface area contributed by atoms with Crippen LogP contribution in [0, 0.1) is 16.0 Å². The van der Waals surface area contributed by atoms with E-state index in [0.717, 1.165) is 57.4 Å². The van der Waals surface area contributed by atoms with Gasteiger partial charge in [-0.05, 0) is 38.2 Å². The molecule has 2 unspecified atom stereocenters. The Hall–Kier alpha value is -1.95. The minimum atomic E-state index is -0.310. The van der Waals surface area contributed by atoms with E-state index in [9.17, 15) is 14.9 Å². The van der Waals surface area contributed by atoms with Crippen LogP contribution in [0.5, 0.6) is 0 Å². The first-order valence-corrected chi connectivity index (χ1v) is 9.00. The van der Waals surface area contributed by atoms with Crippen molar-refractivity contribution in [1.82, 2.24) is 4.90 Å². The molecule has 6 heteroatoms. The van der Waals surface area contributed by atoms with Crippen molar-refractivity contribution in [1.29, 1.82) is 0 Å². The molecule has 2 aliphatic rings. The minimum absolute atomic E-state index is 0.0784. The van der Waals surface area contributed by atoms with Gasteiger partial charge in [-0.2, -0.15) is 0 Å². The number of nitro groups is 1. The molecule has 1 amide bonds. The van der Waals surface area contributed by atoms with Crippen LogP contribution in [0.15, 0.2) is 24.3 Å². The standard InChI is InChI=1S/C18H25N3O3/c22-18(20-11-4-1-5-12-20)16-8-6-10-19(14-16)13-15-7-2-3-9-17(15)21(23)24/h2-3,7,9,16H,1,4-6,8,10-14H2/p+1. The first-order chi connectivity index (χ1) is 11.6. The van der Waals surface area contributed by atoms with Gasteiger partial charge >= 0.3 is 0 Å².